The van der Waals surface area contributed by atoms with Gasteiger partial charge in [0.15, 0.2) is 0 Å². The number of rotatable bonds is 4. The van der Waals surface area contributed by atoms with Gasteiger partial charge in [0.2, 0.25) is 0 Å². The first-order valence-electron chi connectivity index (χ1n) is 16.9. The summed E-state index contributed by atoms with van der Waals surface area (Å²) in [6.45, 7) is 20.8. The number of aryl methyl sites for hydroxylation is 3. The van der Waals surface area contributed by atoms with E-state index < -0.39 is 0 Å². The van der Waals surface area contributed by atoms with E-state index in [1.165, 1.54) is 106 Å². The molecule has 0 fully saturated rings. The van der Waals surface area contributed by atoms with Crippen LogP contribution in [0.4, 0.5) is 0 Å². The maximum absolute atomic E-state index is 3.06. The molecule has 256 valence electrons. The maximum atomic E-state index is 3.06. The molecule has 0 heterocycles. The third-order valence-corrected chi connectivity index (χ3v) is 9.22. The summed E-state index contributed by atoms with van der Waals surface area (Å²) in [5.74, 6) is 0.573. The fourth-order valence-corrected chi connectivity index (χ4v) is 6.35. The van der Waals surface area contributed by atoms with Crippen molar-refractivity contribution >= 4 is 28.4 Å². The molecule has 0 N–H and O–H groups in total. The number of hydrogen-bond acceptors (Lipinski definition) is 0. The van der Waals surface area contributed by atoms with E-state index in [0.29, 0.717) is 5.92 Å². The minimum absolute atomic E-state index is 0. The van der Waals surface area contributed by atoms with Crippen LogP contribution in [-0.4, -0.2) is 6.88 Å². The summed E-state index contributed by atoms with van der Waals surface area (Å²) in [6, 6.07) is 47.2. The van der Waals surface area contributed by atoms with Crippen molar-refractivity contribution in [2.45, 2.75) is 66.7 Å². The Kier molecular flexibility index (Phi) is 14.4. The quantitative estimate of drug-likeness (QED) is 0.124. The molecule has 0 aliphatic carbocycles. The normalized spacial score (nSPS) is 10.8. The van der Waals surface area contributed by atoms with Crippen LogP contribution in [-0.2, 0) is 28.8 Å². The summed E-state index contributed by atoms with van der Waals surface area (Å²) < 4.78 is 0. The Morgan fingerprint density at radius 3 is 1.62 bits per heavy atom. The third-order valence-electron chi connectivity index (χ3n) is 9.22. The molecule has 0 bridgehead atoms. The molecule has 7 rings (SSSR count). The van der Waals surface area contributed by atoms with Gasteiger partial charge < -0.3 is 14.9 Å². The number of fused-ring (bicyclic) bond motifs is 2. The molecular formula is C48H52SiZr-4. The zero-order chi connectivity index (χ0) is 34.6. The molecule has 2 heteroatoms. The molecule has 0 saturated heterocycles. The molecule has 0 aliphatic heterocycles. The summed E-state index contributed by atoms with van der Waals surface area (Å²) in [7, 11) is 0. The molecule has 0 amide bonds. The van der Waals surface area contributed by atoms with Gasteiger partial charge >= 0.3 is 30.2 Å². The molecule has 2 radical (unpaired) electrons. The second kappa shape index (κ2) is 17.6. The molecule has 0 nitrogen and oxygen atoms in total. The molecule has 0 aliphatic rings. The summed E-state index contributed by atoms with van der Waals surface area (Å²) in [6.07, 6.45) is 0. The van der Waals surface area contributed by atoms with Crippen molar-refractivity contribution in [1.29, 1.82) is 0 Å². The van der Waals surface area contributed by atoms with Crippen molar-refractivity contribution in [3.05, 3.63) is 170 Å². The molecular weight excluding hydrogens is 696 g/mol. The van der Waals surface area contributed by atoms with Gasteiger partial charge in [-0.1, -0.05) is 154 Å². The molecule has 0 aromatic heterocycles. The van der Waals surface area contributed by atoms with Crippen molar-refractivity contribution in [3.63, 3.8) is 0 Å². The van der Waals surface area contributed by atoms with Gasteiger partial charge in [0.25, 0.3) is 0 Å². The van der Waals surface area contributed by atoms with E-state index in [2.05, 4.69) is 190 Å². The molecule has 0 atom stereocenters. The van der Waals surface area contributed by atoms with Crippen LogP contribution in [0.5, 0.6) is 0 Å². The van der Waals surface area contributed by atoms with Crippen LogP contribution in [0, 0.1) is 35.6 Å². The molecule has 0 spiro atoms. The van der Waals surface area contributed by atoms with E-state index in [1.807, 2.05) is 0 Å². The van der Waals surface area contributed by atoms with Gasteiger partial charge in [0, 0.05) is 0 Å². The van der Waals surface area contributed by atoms with Crippen LogP contribution < -0.4 is 0 Å². The Morgan fingerprint density at radius 2 is 1.06 bits per heavy atom. The van der Waals surface area contributed by atoms with Gasteiger partial charge in [-0.15, -0.1) is 63.0 Å². The van der Waals surface area contributed by atoms with Gasteiger partial charge in [-0.2, -0.15) is 12.1 Å². The fraction of sp³-hybridized carbons (Fsp3) is 0.208. The second-order valence-electron chi connectivity index (χ2n) is 14.4. The Hall–Kier alpha value is -3.58. The first-order chi connectivity index (χ1) is 23.0. The number of benzene rings is 5. The zero-order valence-corrected chi connectivity index (χ0v) is 35.2. The van der Waals surface area contributed by atoms with E-state index in [4.69, 9.17) is 0 Å². The van der Waals surface area contributed by atoms with Crippen molar-refractivity contribution < 1.29 is 23.3 Å². The van der Waals surface area contributed by atoms with Crippen LogP contribution in [0.2, 0.25) is 0 Å². The fourth-order valence-electron chi connectivity index (χ4n) is 6.35. The average Bonchev–Trinajstić information content (AvgIpc) is 3.69. The van der Waals surface area contributed by atoms with Crippen LogP contribution in [0.25, 0.3) is 54.9 Å². The third kappa shape index (κ3) is 9.39. The monoisotopic (exact) mass is 746 g/mol. The van der Waals surface area contributed by atoms with Gasteiger partial charge in [0.05, 0.1) is 0 Å². The standard InChI is InChI=1S/C24H21.C22H25.2CH3.Si.Zr/c1-16-4-8-19(9-5-16)21-14-22-12-18(3)13-23(22)24(15-21)20-10-6-17(2)7-11-20;1-15(2)18-13-17-7-6-8-20(21(17)14-18)16-9-11-19(12-10-16)22(3,4)5;;;;/h4-15H,1-3H3;6-15H,1-5H3;2*1H3;;/q4*-1;;. The molecule has 0 unspecified atom stereocenters. The van der Waals surface area contributed by atoms with E-state index in [-0.39, 0.29) is 20.3 Å². The van der Waals surface area contributed by atoms with Crippen LogP contribution in [0.1, 0.15) is 68.4 Å². The first kappa shape index (κ1) is 40.8. The van der Waals surface area contributed by atoms with E-state index in [0.717, 1.165) is 0 Å². The van der Waals surface area contributed by atoms with Gasteiger partial charge in [-0.25, -0.2) is 0 Å². The Balaban J connectivity index is 0.000000249. The molecule has 7 aromatic carbocycles. The summed E-state index contributed by atoms with van der Waals surface area (Å²) >= 11 is 1.36. The minimum atomic E-state index is 0. The van der Waals surface area contributed by atoms with Crippen LogP contribution >= 0.6 is 0 Å². The Labute approximate surface area is 319 Å². The average molecular weight is 748 g/mol. The van der Waals surface area contributed by atoms with E-state index in [9.17, 15) is 0 Å². The van der Waals surface area contributed by atoms with Crippen molar-refractivity contribution in [2.75, 3.05) is 0 Å². The predicted octanol–water partition coefficient (Wildman–Crippen LogP) is 14.0. The van der Waals surface area contributed by atoms with E-state index in [1.54, 1.807) is 0 Å². The molecule has 50 heavy (non-hydrogen) atoms. The molecule has 7 aromatic rings. The summed E-state index contributed by atoms with van der Waals surface area (Å²) in [4.78, 5) is 0. The van der Waals surface area contributed by atoms with Crippen LogP contribution in [0.15, 0.2) is 127 Å². The van der Waals surface area contributed by atoms with E-state index >= 15 is 0 Å². The topological polar surface area (TPSA) is 0 Å². The summed E-state index contributed by atoms with van der Waals surface area (Å²) in [5.41, 5.74) is 14.7. The zero-order valence-electron chi connectivity index (χ0n) is 31.7. The molecule has 0 saturated carbocycles. The first-order valence-corrected chi connectivity index (χ1v) is 21.1. The summed E-state index contributed by atoms with van der Waals surface area (Å²) in [5, 5.41) is 5.38. The number of hydrogen-bond donors (Lipinski definition) is 0. The second-order valence-corrected chi connectivity index (χ2v) is 14.4. The van der Waals surface area contributed by atoms with Gasteiger partial charge in [0.1, 0.15) is 0 Å². The Bertz CT molecular complexity index is 2110. The van der Waals surface area contributed by atoms with Crippen LogP contribution in [0.3, 0.4) is 0 Å². The predicted molar refractivity (Wildman–Crippen MR) is 221 cm³/mol. The van der Waals surface area contributed by atoms with Crippen molar-refractivity contribution in [1.82, 2.24) is 0 Å². The SMILES string of the molecule is CC(C)c1cc2c(-c3ccc(C(C)(C)C)cc3)cccc2[cH-]1.Cc1ccc(-c2cc(-c3ccc(C)cc3)c3cc(C)[cH-]c3c2)cc1.[CH3-].[CH3-].[Si]=[Zr]. The van der Waals surface area contributed by atoms with Gasteiger partial charge in [-0.3, -0.25) is 0 Å². The van der Waals surface area contributed by atoms with Crippen molar-refractivity contribution in [2.24, 2.45) is 0 Å². The van der Waals surface area contributed by atoms with Gasteiger partial charge in [-0.05, 0) is 47.4 Å². The van der Waals surface area contributed by atoms with Crippen molar-refractivity contribution in [3.8, 4) is 33.4 Å². The Morgan fingerprint density at radius 1 is 0.540 bits per heavy atom.